The Morgan fingerprint density at radius 3 is 2.70 bits per heavy atom. The number of pyridine rings is 1. The maximum absolute atomic E-state index is 12.9. The zero-order chi connectivity index (χ0) is 19.4. The lowest BCUT2D eigenvalue weighted by atomic mass is 10.2. The second-order valence-electron chi connectivity index (χ2n) is 5.53. The van der Waals surface area contributed by atoms with Gasteiger partial charge in [-0.15, -0.1) is 10.2 Å². The lowest BCUT2D eigenvalue weighted by molar-refractivity contribution is -0.115. The van der Waals surface area contributed by atoms with Crippen LogP contribution in [0.1, 0.15) is 16.8 Å². The number of carbonyl (C=O) groups is 1. The summed E-state index contributed by atoms with van der Waals surface area (Å²) in [5.74, 6) is 0.0488. The fourth-order valence-electron chi connectivity index (χ4n) is 2.15. The van der Waals surface area contributed by atoms with Gasteiger partial charge in [0.2, 0.25) is 11.0 Å². The minimum Gasteiger partial charge on any atom is -0.300 e. The molecule has 0 aliphatic carbocycles. The molecule has 0 aliphatic heterocycles. The summed E-state index contributed by atoms with van der Waals surface area (Å²) in [6.07, 6.45) is -0.0113. The van der Waals surface area contributed by atoms with Gasteiger partial charge in [-0.2, -0.15) is 0 Å². The SMILES string of the molecule is Cc1cc(Cl)c(CC(=O)Nc2nnc(SCc3ccc(F)cc3)s2)c(Cl)n1. The number of amides is 1. The van der Waals surface area contributed by atoms with Gasteiger partial charge in [-0.25, -0.2) is 9.37 Å². The van der Waals surface area contributed by atoms with Crippen molar-refractivity contribution in [1.29, 1.82) is 0 Å². The van der Waals surface area contributed by atoms with E-state index in [0.717, 1.165) is 5.56 Å². The van der Waals surface area contributed by atoms with E-state index < -0.39 is 0 Å². The first-order valence-electron chi connectivity index (χ1n) is 7.73. The number of aromatic nitrogens is 3. The van der Waals surface area contributed by atoms with E-state index >= 15 is 0 Å². The van der Waals surface area contributed by atoms with E-state index in [2.05, 4.69) is 20.5 Å². The molecule has 0 radical (unpaired) electrons. The van der Waals surface area contributed by atoms with Crippen molar-refractivity contribution in [2.24, 2.45) is 0 Å². The molecule has 0 aliphatic rings. The van der Waals surface area contributed by atoms with Crippen molar-refractivity contribution < 1.29 is 9.18 Å². The first-order valence-corrected chi connectivity index (χ1v) is 10.3. The number of hydrogen-bond donors (Lipinski definition) is 1. The number of halogens is 3. The monoisotopic (exact) mass is 442 g/mol. The summed E-state index contributed by atoms with van der Waals surface area (Å²) < 4.78 is 13.6. The molecule has 0 atom stereocenters. The highest BCUT2D eigenvalue weighted by Crippen LogP contribution is 2.29. The van der Waals surface area contributed by atoms with Crippen molar-refractivity contribution in [3.05, 3.63) is 63.1 Å². The first-order chi connectivity index (χ1) is 12.9. The topological polar surface area (TPSA) is 67.8 Å². The third kappa shape index (κ3) is 5.62. The summed E-state index contributed by atoms with van der Waals surface area (Å²) in [4.78, 5) is 16.3. The Labute approximate surface area is 173 Å². The van der Waals surface area contributed by atoms with Gasteiger partial charge in [0.15, 0.2) is 4.34 Å². The summed E-state index contributed by atoms with van der Waals surface area (Å²) in [6.45, 7) is 1.77. The zero-order valence-corrected chi connectivity index (χ0v) is 17.1. The van der Waals surface area contributed by atoms with E-state index in [-0.39, 0.29) is 23.3 Å². The molecule has 0 spiro atoms. The minimum atomic E-state index is -0.310. The lowest BCUT2D eigenvalue weighted by Crippen LogP contribution is -2.15. The summed E-state index contributed by atoms with van der Waals surface area (Å²) >= 11 is 14.9. The van der Waals surface area contributed by atoms with Crippen LogP contribution in [0.3, 0.4) is 0 Å². The lowest BCUT2D eigenvalue weighted by Gasteiger charge is -2.07. The standard InChI is InChI=1S/C17H13Cl2FN4OS2/c1-9-6-13(18)12(15(19)21-9)7-14(25)22-16-23-24-17(27-16)26-8-10-2-4-11(20)5-3-10/h2-6H,7-8H2,1H3,(H,22,23,25). The van der Waals surface area contributed by atoms with Crippen molar-refractivity contribution in [1.82, 2.24) is 15.2 Å². The van der Waals surface area contributed by atoms with Gasteiger partial charge in [-0.3, -0.25) is 4.79 Å². The van der Waals surface area contributed by atoms with E-state index in [1.54, 1.807) is 25.1 Å². The molecule has 3 rings (SSSR count). The number of thioether (sulfide) groups is 1. The average molecular weight is 443 g/mol. The number of benzene rings is 1. The molecule has 140 valence electrons. The summed E-state index contributed by atoms with van der Waals surface area (Å²) in [7, 11) is 0. The fourth-order valence-corrected chi connectivity index (χ4v) is 4.54. The molecule has 0 saturated heterocycles. The summed E-state index contributed by atoms with van der Waals surface area (Å²) in [6, 6.07) is 7.92. The van der Waals surface area contributed by atoms with Gasteiger partial charge in [0.25, 0.3) is 0 Å². The molecule has 10 heteroatoms. The third-order valence-electron chi connectivity index (χ3n) is 3.41. The maximum atomic E-state index is 12.9. The predicted octanol–water partition coefficient (Wildman–Crippen LogP) is 5.16. The van der Waals surface area contributed by atoms with Crippen LogP contribution < -0.4 is 5.32 Å². The number of nitrogens with zero attached hydrogens (tertiary/aromatic N) is 3. The molecular weight excluding hydrogens is 430 g/mol. The molecule has 1 N–H and O–H groups in total. The largest absolute Gasteiger partial charge is 0.300 e. The number of rotatable bonds is 6. The number of anilines is 1. The van der Waals surface area contributed by atoms with Crippen molar-refractivity contribution in [3.8, 4) is 0 Å². The first kappa shape index (κ1) is 20.0. The molecule has 0 saturated carbocycles. The van der Waals surface area contributed by atoms with Crippen molar-refractivity contribution >= 4 is 57.3 Å². The zero-order valence-electron chi connectivity index (χ0n) is 14.0. The fraction of sp³-hybridized carbons (Fsp3) is 0.176. The van der Waals surface area contributed by atoms with Crippen molar-refractivity contribution in [3.63, 3.8) is 0 Å². The Balaban J connectivity index is 1.57. The van der Waals surface area contributed by atoms with Gasteiger partial charge in [0.1, 0.15) is 11.0 Å². The van der Waals surface area contributed by atoms with Crippen LogP contribution in [0.5, 0.6) is 0 Å². The highest BCUT2D eigenvalue weighted by molar-refractivity contribution is 8.00. The predicted molar refractivity (Wildman–Crippen MR) is 107 cm³/mol. The number of aryl methyl sites for hydroxylation is 1. The molecule has 5 nitrogen and oxygen atoms in total. The highest BCUT2D eigenvalue weighted by atomic mass is 35.5. The van der Waals surface area contributed by atoms with Crippen LogP contribution >= 0.6 is 46.3 Å². The van der Waals surface area contributed by atoms with E-state index in [1.165, 1.54) is 35.2 Å². The third-order valence-corrected chi connectivity index (χ3v) is 6.11. The van der Waals surface area contributed by atoms with Crippen LogP contribution in [-0.4, -0.2) is 21.1 Å². The van der Waals surface area contributed by atoms with Gasteiger partial charge < -0.3 is 5.32 Å². The van der Waals surface area contributed by atoms with Crippen LogP contribution in [0.4, 0.5) is 9.52 Å². The smallest absolute Gasteiger partial charge is 0.230 e. The number of nitrogens with one attached hydrogen (secondary N) is 1. The van der Waals surface area contributed by atoms with Gasteiger partial charge >= 0.3 is 0 Å². The Morgan fingerprint density at radius 1 is 1.26 bits per heavy atom. The van der Waals surface area contributed by atoms with Gasteiger partial charge in [0.05, 0.1) is 6.42 Å². The van der Waals surface area contributed by atoms with Crippen LogP contribution in [0.25, 0.3) is 0 Å². The van der Waals surface area contributed by atoms with Crippen LogP contribution in [0.2, 0.25) is 10.2 Å². The molecule has 1 amide bonds. The maximum Gasteiger partial charge on any atom is 0.230 e. The molecule has 2 aromatic heterocycles. The molecule has 0 fully saturated rings. The van der Waals surface area contributed by atoms with Crippen LogP contribution in [0.15, 0.2) is 34.7 Å². The summed E-state index contributed by atoms with van der Waals surface area (Å²) in [5.41, 5.74) is 2.12. The second kappa shape index (κ2) is 8.97. The van der Waals surface area contributed by atoms with E-state index in [0.29, 0.717) is 31.5 Å². The molecule has 2 heterocycles. The molecular formula is C17H13Cl2FN4OS2. The Kier molecular flexibility index (Phi) is 6.64. The van der Waals surface area contributed by atoms with Gasteiger partial charge in [-0.05, 0) is 30.7 Å². The van der Waals surface area contributed by atoms with Gasteiger partial charge in [0, 0.05) is 22.0 Å². The molecule has 27 heavy (non-hydrogen) atoms. The minimum absolute atomic E-state index is 0.0113. The van der Waals surface area contributed by atoms with Crippen LogP contribution in [-0.2, 0) is 17.0 Å². The Bertz CT molecular complexity index is 943. The highest BCUT2D eigenvalue weighted by Gasteiger charge is 2.15. The van der Waals surface area contributed by atoms with Crippen molar-refractivity contribution in [2.45, 2.75) is 23.4 Å². The molecule has 0 unspecified atom stereocenters. The molecule has 0 bridgehead atoms. The average Bonchev–Trinajstić information content (AvgIpc) is 3.05. The number of carbonyl (C=O) groups excluding carboxylic acids is 1. The van der Waals surface area contributed by atoms with E-state index in [1.807, 2.05) is 0 Å². The normalized spacial score (nSPS) is 10.8. The van der Waals surface area contributed by atoms with Gasteiger partial charge in [-0.1, -0.05) is 58.4 Å². The van der Waals surface area contributed by atoms with Crippen molar-refractivity contribution in [2.75, 3.05) is 5.32 Å². The van der Waals surface area contributed by atoms with Crippen LogP contribution in [0, 0.1) is 12.7 Å². The summed E-state index contributed by atoms with van der Waals surface area (Å²) in [5, 5.41) is 11.7. The Hall–Kier alpha value is -1.74. The second-order valence-corrected chi connectivity index (χ2v) is 8.49. The Morgan fingerprint density at radius 2 is 2.00 bits per heavy atom. The van der Waals surface area contributed by atoms with E-state index in [4.69, 9.17) is 23.2 Å². The molecule has 3 aromatic rings. The number of hydrogen-bond acceptors (Lipinski definition) is 6. The van der Waals surface area contributed by atoms with E-state index in [9.17, 15) is 9.18 Å². The quantitative estimate of drug-likeness (QED) is 0.324. The molecule has 1 aromatic carbocycles.